The first-order valence-electron chi connectivity index (χ1n) is 40.0. The lowest BCUT2D eigenvalue weighted by atomic mass is 9.93. The van der Waals surface area contributed by atoms with Crippen LogP contribution in [0.25, 0.3) is 0 Å². The fraction of sp³-hybridized carbons (Fsp3) is 0.929. The Labute approximate surface area is 708 Å². The van der Waals surface area contributed by atoms with E-state index in [2.05, 4.69) is 26.6 Å². The Morgan fingerprint density at radius 1 is 0.224 bits per heavy atom. The quantitative estimate of drug-likeness (QED) is 0.0297. The molecule has 10 saturated heterocycles. The number of carbonyl (C=O) groups excluding carboxylic acids is 5. The van der Waals surface area contributed by atoms with Gasteiger partial charge in [-0.1, -0.05) is 0 Å². The van der Waals surface area contributed by atoms with Crippen molar-refractivity contribution >= 4 is 29.5 Å². The molecule has 10 aliphatic rings. The van der Waals surface area contributed by atoms with Crippen molar-refractivity contribution in [1.82, 2.24) is 26.6 Å². The highest BCUT2D eigenvalue weighted by molar-refractivity contribution is 5.75. The zero-order valence-corrected chi connectivity index (χ0v) is 67.7. The summed E-state index contributed by atoms with van der Waals surface area (Å²) in [5.41, 5.74) is 0. The third-order valence-electron chi connectivity index (χ3n) is 22.8. The number of ether oxygens (including phenoxy) is 19. The molecule has 10 heterocycles. The van der Waals surface area contributed by atoms with Crippen molar-refractivity contribution in [3.05, 3.63) is 0 Å². The number of nitrogens with one attached hydrogen (secondary N) is 5. The number of carbonyl (C=O) groups is 5. The lowest BCUT2D eigenvalue weighted by Gasteiger charge is -2.51. The maximum absolute atomic E-state index is 13.3. The van der Waals surface area contributed by atoms with Gasteiger partial charge in [0, 0.05) is 34.6 Å². The van der Waals surface area contributed by atoms with Crippen molar-refractivity contribution in [3.63, 3.8) is 0 Å². The summed E-state index contributed by atoms with van der Waals surface area (Å²) in [5.74, 6) is -4.58. The van der Waals surface area contributed by atoms with Crippen molar-refractivity contribution in [3.8, 4) is 0 Å². The number of hydrogen-bond acceptors (Lipinski definition) is 50. The van der Waals surface area contributed by atoms with Gasteiger partial charge >= 0.3 is 0 Å². The third-order valence-corrected chi connectivity index (χ3v) is 22.8. The largest absolute Gasteiger partial charge is 0.394 e. The maximum Gasteiger partial charge on any atom is 0.217 e. The molecule has 0 saturated carbocycles. The molecule has 50 atom stereocenters. The van der Waals surface area contributed by atoms with E-state index in [1.807, 2.05) is 0 Å². The minimum absolute atomic E-state index is 0.810. The van der Waals surface area contributed by atoms with E-state index in [1.165, 1.54) is 6.92 Å². The van der Waals surface area contributed by atoms with Crippen LogP contribution >= 0.6 is 0 Å². The number of hydrogen-bond donors (Lipinski definition) is 31. The monoisotopic (exact) mass is 1830 g/mol. The maximum atomic E-state index is 13.3. The molecule has 0 aliphatic carbocycles. The van der Waals surface area contributed by atoms with Crippen LogP contribution in [0.4, 0.5) is 0 Å². The molecule has 55 heteroatoms. The van der Waals surface area contributed by atoms with Crippen molar-refractivity contribution < 1.29 is 247 Å². The molecule has 0 spiro atoms. The molecule has 31 N–H and O–H groups in total. The molecular formula is C70H117N5O50. The van der Waals surface area contributed by atoms with Gasteiger partial charge in [-0.05, 0) is 6.92 Å². The van der Waals surface area contributed by atoms with Crippen molar-refractivity contribution in [2.45, 2.75) is 348 Å². The summed E-state index contributed by atoms with van der Waals surface area (Å²) in [6, 6.07) is -9.38. The van der Waals surface area contributed by atoms with Gasteiger partial charge in [0.25, 0.3) is 0 Å². The molecular weight excluding hydrogens is 1710 g/mol. The normalized spacial score (nSPS) is 48.7. The van der Waals surface area contributed by atoms with Crippen LogP contribution in [0.15, 0.2) is 0 Å². The highest BCUT2D eigenvalue weighted by Gasteiger charge is 2.62. The Morgan fingerprint density at radius 2 is 0.496 bits per heavy atom. The van der Waals surface area contributed by atoms with Gasteiger partial charge in [0.1, 0.15) is 238 Å². The van der Waals surface area contributed by atoms with Crippen LogP contribution in [0.5, 0.6) is 0 Å². The minimum Gasteiger partial charge on any atom is -0.394 e. The van der Waals surface area contributed by atoms with Gasteiger partial charge in [0.2, 0.25) is 29.5 Å². The van der Waals surface area contributed by atoms with Gasteiger partial charge in [-0.2, -0.15) is 0 Å². The second kappa shape index (κ2) is 44.9. The number of aliphatic hydroxyl groups is 26. The fourth-order valence-corrected chi connectivity index (χ4v) is 16.2. The van der Waals surface area contributed by atoms with Crippen molar-refractivity contribution in [2.75, 3.05) is 59.5 Å². The molecule has 10 fully saturated rings. The average Bonchev–Trinajstić information content (AvgIpc) is 0.767. The third kappa shape index (κ3) is 23.1. The molecule has 1 unspecified atom stereocenters. The molecule has 55 nitrogen and oxygen atoms in total. The summed E-state index contributed by atoms with van der Waals surface area (Å²) in [7, 11) is 0. The molecule has 10 rings (SSSR count). The van der Waals surface area contributed by atoms with E-state index in [9.17, 15) is 157 Å². The van der Waals surface area contributed by atoms with Crippen LogP contribution in [-0.2, 0) is 114 Å². The summed E-state index contributed by atoms with van der Waals surface area (Å²) in [5, 5.41) is 304. The summed E-state index contributed by atoms with van der Waals surface area (Å²) in [6.07, 6.45) is -93.1. The van der Waals surface area contributed by atoms with E-state index in [0.29, 0.717) is 0 Å². The number of rotatable bonds is 32. The van der Waals surface area contributed by atoms with Crippen LogP contribution < -0.4 is 26.6 Å². The first-order valence-corrected chi connectivity index (χ1v) is 40.0. The Hall–Kier alpha value is -4.45. The lowest BCUT2D eigenvalue weighted by molar-refractivity contribution is -0.399. The highest BCUT2D eigenvalue weighted by atomic mass is 16.8. The first-order chi connectivity index (χ1) is 59.1. The van der Waals surface area contributed by atoms with E-state index < -0.39 is 396 Å². The lowest BCUT2D eigenvalue weighted by Crippen LogP contribution is -2.71. The molecule has 722 valence electrons. The topological polar surface area (TPSA) is 847 Å². The van der Waals surface area contributed by atoms with E-state index >= 15 is 0 Å². The zero-order chi connectivity index (χ0) is 92.1. The second-order valence-corrected chi connectivity index (χ2v) is 31.7. The van der Waals surface area contributed by atoms with Gasteiger partial charge < -0.3 is 249 Å². The van der Waals surface area contributed by atoms with Crippen LogP contribution in [0.2, 0.25) is 0 Å². The zero-order valence-electron chi connectivity index (χ0n) is 67.7. The van der Waals surface area contributed by atoms with Crippen LogP contribution in [0, 0.1) is 0 Å². The minimum atomic E-state index is -2.63. The fourth-order valence-electron chi connectivity index (χ4n) is 16.2. The van der Waals surface area contributed by atoms with Gasteiger partial charge in [-0.15, -0.1) is 0 Å². The molecule has 125 heavy (non-hydrogen) atoms. The van der Waals surface area contributed by atoms with E-state index in [1.54, 1.807) is 0 Å². The molecule has 0 aromatic carbocycles. The number of aliphatic hydroxyl groups excluding tert-OH is 26. The number of amides is 5. The molecule has 0 aromatic heterocycles. The first kappa shape index (κ1) is 103. The predicted molar refractivity (Wildman–Crippen MR) is 386 cm³/mol. The average molecular weight is 1830 g/mol. The molecule has 0 aromatic rings. The highest BCUT2D eigenvalue weighted by Crippen LogP contribution is 2.41. The van der Waals surface area contributed by atoms with Crippen molar-refractivity contribution in [2.24, 2.45) is 0 Å². The van der Waals surface area contributed by atoms with Crippen molar-refractivity contribution in [1.29, 1.82) is 0 Å². The smallest absolute Gasteiger partial charge is 0.217 e. The van der Waals surface area contributed by atoms with E-state index in [-0.39, 0.29) is 0 Å². The van der Waals surface area contributed by atoms with Crippen LogP contribution in [0.3, 0.4) is 0 Å². The van der Waals surface area contributed by atoms with Gasteiger partial charge in [0.15, 0.2) is 62.9 Å². The van der Waals surface area contributed by atoms with Gasteiger partial charge in [-0.25, -0.2) is 0 Å². The Morgan fingerprint density at radius 3 is 0.912 bits per heavy atom. The van der Waals surface area contributed by atoms with Crippen LogP contribution in [-0.4, -0.2) is 529 Å². The van der Waals surface area contributed by atoms with Gasteiger partial charge in [-0.3, -0.25) is 24.0 Å². The molecule has 5 amide bonds. The van der Waals surface area contributed by atoms with Crippen LogP contribution in [0.1, 0.15) is 41.5 Å². The van der Waals surface area contributed by atoms with Gasteiger partial charge in [0.05, 0.1) is 65.6 Å². The standard InChI is InChI=1S/C70H117N5O50/c1-16-36(88)47(99)51(103)66(109-16)107-15-30-57(43(95)31(61(106)110-30)71-17(2)83)120-63-33(73-19(4)85)45(97)56(28(13-82)115-63)122-68-53(105)58(123-70-60(50(102)40(92)25(10-79)114-70)125-65-35(75-21(6)87)46(98)55(27(12-81)117-65)121-67-52(104)48(100)38(90)23(8-77)112-67)41(93)29(118-68)14-108-69-59(49(101)39(91)24(9-78)113-69)124-64-34(74-20(5)86)44(96)54(26(11-80)116-64)119-62-32(72-18(3)84)42(94)37(89)22(7-76)111-62/h16,22-70,76-82,88-106H,7-15H2,1-6H3,(H,71,83)(H,72,84)(H,73,85)(H,74,86)(H,75,87)/t16-,22+,23+,24+,25+,26+,27+,28+,29+,30+,31+,32+,33+,34+,35-,36+,37-,38-,39+,40+,41+,42+,43+,44+,45+,46+,47+,48-,49-,50-,51-,52+,53-,54+,55+,56+,57+,58-,59-,60-,61?,62-,63-,64-,65-,66+,67-,68-,69-,70+/m0/s1. The molecule has 0 radical (unpaired) electrons. The Balaban J connectivity index is 0.987. The SMILES string of the molecule is CC(=O)N[C@@H]1[C@H](O[C@@H]2[C@@H](O[C@@H]3[C@H](O)[C@H](O[C@H]4[C@H](O)[C@@H](NC(C)=O)[C@H](O[C@H]5[C@H](O)[C@@H](NC(C)=O)C(O)O[C@@H]5CO[C@@H]5O[C@@H](C)[C@@H](O)[C@@H](O)[C@@H]5O)O[C@@H]4CO)O[C@H](CO[C@H]4O[C@H](CO)[C@@H](O)[C@H](O)[C@@H]4O[C@@H]4O[C@H](CO)[C@@H](O[C@@H]5O[C@H](CO)[C@H](O)[C@H](O)[C@H]5NC(C)=O)[C@H](O)[C@H]4NC(C)=O)[C@H]3O)O[C@H](CO)[C@@H](O)[C@@H]2O)O[C@H](CO)[C@@H](O[C@@H]2O[C@H](CO)[C@H](O)[C@H](O)[C@H]2O)[C@@H]1O. The summed E-state index contributed by atoms with van der Waals surface area (Å²) in [6.45, 7) is -3.85. The second-order valence-electron chi connectivity index (χ2n) is 31.7. The Bertz CT molecular complexity index is 3420. The Kier molecular flexibility index (Phi) is 36.8. The molecule has 0 bridgehead atoms. The molecule has 10 aliphatic heterocycles. The van der Waals surface area contributed by atoms with E-state index in [0.717, 1.165) is 34.6 Å². The summed E-state index contributed by atoms with van der Waals surface area (Å²) in [4.78, 5) is 64.2. The van der Waals surface area contributed by atoms with E-state index in [4.69, 9.17) is 90.0 Å². The summed E-state index contributed by atoms with van der Waals surface area (Å²) < 4.78 is 114. The predicted octanol–water partition coefficient (Wildman–Crippen LogP) is -21.1. The summed E-state index contributed by atoms with van der Waals surface area (Å²) >= 11 is 0.